The van der Waals surface area contributed by atoms with Crippen molar-refractivity contribution >= 4 is 23.1 Å². The van der Waals surface area contributed by atoms with Crippen molar-refractivity contribution < 1.29 is 14.7 Å². The summed E-state index contributed by atoms with van der Waals surface area (Å²) in [6.45, 7) is -3.59. The van der Waals surface area contributed by atoms with E-state index in [1.165, 1.54) is 0 Å². The zero-order chi connectivity index (χ0) is 5.21. The molecule has 38 valence electrons. The molecule has 0 aromatic rings. The molecule has 0 fully saturated rings. The van der Waals surface area contributed by atoms with E-state index in [1.54, 1.807) is 0 Å². The third-order valence-corrected chi connectivity index (χ3v) is 1.56. The number of hydrogen-bond donors (Lipinski definition) is 3. The number of rotatable bonds is 0. The first-order valence-electron chi connectivity index (χ1n) is 1.07. The predicted molar refractivity (Wildman–Crippen MR) is 28.1 cm³/mol. The summed E-state index contributed by atoms with van der Waals surface area (Å²) in [4.78, 5) is 23.8. The molecule has 5 heteroatoms. The maximum Gasteiger partial charge on any atom is 0.308 e. The lowest BCUT2D eigenvalue weighted by Crippen LogP contribution is -1.68. The van der Waals surface area contributed by atoms with Crippen molar-refractivity contribution in [1.29, 1.82) is 0 Å². The van der Waals surface area contributed by atoms with E-state index in [9.17, 15) is 0 Å². The molecular formula is CH5O3PS. The molecule has 0 unspecified atom stereocenters. The first-order valence-corrected chi connectivity index (χ1v) is 4.31. The Kier molecular flexibility index (Phi) is 2.04. The monoisotopic (exact) mass is 128 g/mol. The van der Waals surface area contributed by atoms with Gasteiger partial charge < -0.3 is 14.7 Å². The summed E-state index contributed by atoms with van der Waals surface area (Å²) in [5, 5.41) is 0. The van der Waals surface area contributed by atoms with Crippen molar-refractivity contribution in [1.82, 2.24) is 0 Å². The van der Waals surface area contributed by atoms with E-state index < -0.39 is 6.72 Å². The summed E-state index contributed by atoms with van der Waals surface area (Å²) in [6, 6.07) is 0. The van der Waals surface area contributed by atoms with Gasteiger partial charge in [0.25, 0.3) is 0 Å². The zero-order valence-electron chi connectivity index (χ0n) is 2.90. The average Bonchev–Trinajstić information content (AvgIpc) is 1.35. The van der Waals surface area contributed by atoms with Crippen LogP contribution in [-0.4, -0.2) is 20.6 Å². The Hall–Kier alpha value is 0.400. The SMILES string of the molecule is C=S=P(O)(O)O. The van der Waals surface area contributed by atoms with Gasteiger partial charge in [-0.25, -0.2) is 0 Å². The molecule has 0 amide bonds. The Balaban J connectivity index is 4.21. The van der Waals surface area contributed by atoms with Gasteiger partial charge in [0.1, 0.15) is 0 Å². The second-order valence-corrected chi connectivity index (χ2v) is 4.17. The van der Waals surface area contributed by atoms with Crippen LogP contribution in [0.15, 0.2) is 0 Å². The van der Waals surface area contributed by atoms with Gasteiger partial charge in [-0.3, -0.25) is 0 Å². The van der Waals surface area contributed by atoms with E-state index in [4.69, 9.17) is 14.7 Å². The Bertz CT molecular complexity index is 99.7. The fourth-order valence-electron chi connectivity index (χ4n) is 0. The minimum absolute atomic E-state index is 0.410. The van der Waals surface area contributed by atoms with Crippen LogP contribution in [0.5, 0.6) is 0 Å². The lowest BCUT2D eigenvalue weighted by atomic mass is 12.0. The summed E-state index contributed by atoms with van der Waals surface area (Å²) < 4.78 is 0. The van der Waals surface area contributed by atoms with Crippen LogP contribution in [0.25, 0.3) is 0 Å². The van der Waals surface area contributed by atoms with Crippen molar-refractivity contribution in [3.8, 4) is 0 Å². The Morgan fingerprint density at radius 3 is 1.50 bits per heavy atom. The maximum atomic E-state index is 7.95. The molecule has 6 heavy (non-hydrogen) atoms. The summed E-state index contributed by atoms with van der Waals surface area (Å²) >= 11 is 0. The molecule has 0 aliphatic rings. The van der Waals surface area contributed by atoms with Gasteiger partial charge in [-0.1, -0.05) is 10.5 Å². The third kappa shape index (κ3) is 4.40. The molecule has 0 aromatic carbocycles. The Labute approximate surface area is 38.7 Å². The van der Waals surface area contributed by atoms with Crippen LogP contribution in [0, 0.1) is 0 Å². The minimum Gasteiger partial charge on any atom is -0.325 e. The van der Waals surface area contributed by atoms with Crippen molar-refractivity contribution in [2.24, 2.45) is 0 Å². The van der Waals surface area contributed by atoms with Gasteiger partial charge in [0.05, 0.1) is 0 Å². The number of hydrogen-bond acceptors (Lipinski definition) is 0. The van der Waals surface area contributed by atoms with E-state index in [1.807, 2.05) is 0 Å². The second-order valence-electron chi connectivity index (χ2n) is 0.642. The Morgan fingerprint density at radius 2 is 1.50 bits per heavy atom. The predicted octanol–water partition coefficient (Wildman–Crippen LogP) is -0.845. The van der Waals surface area contributed by atoms with Gasteiger partial charge >= 0.3 is 6.72 Å². The Morgan fingerprint density at radius 1 is 1.33 bits per heavy atom. The average molecular weight is 128 g/mol. The van der Waals surface area contributed by atoms with Gasteiger partial charge in [0, 0.05) is 0 Å². The molecule has 0 aliphatic carbocycles. The van der Waals surface area contributed by atoms with Gasteiger partial charge in [-0.2, -0.15) is 0 Å². The molecule has 3 N–H and O–H groups in total. The van der Waals surface area contributed by atoms with E-state index in [0.29, 0.717) is 10.5 Å². The normalized spacial score (nSPS) is 11.2. The summed E-state index contributed by atoms with van der Waals surface area (Å²) in [7, 11) is 0.410. The van der Waals surface area contributed by atoms with E-state index in [-0.39, 0.29) is 0 Å². The van der Waals surface area contributed by atoms with Crippen LogP contribution in [0.2, 0.25) is 0 Å². The largest absolute Gasteiger partial charge is 0.325 e. The smallest absolute Gasteiger partial charge is 0.308 e. The van der Waals surface area contributed by atoms with E-state index in [0.717, 1.165) is 0 Å². The van der Waals surface area contributed by atoms with E-state index in [2.05, 4.69) is 5.87 Å². The molecule has 0 radical (unpaired) electrons. The molecule has 3 nitrogen and oxygen atoms in total. The van der Waals surface area contributed by atoms with Gasteiger partial charge in [0.2, 0.25) is 0 Å². The van der Waals surface area contributed by atoms with Crippen molar-refractivity contribution in [2.75, 3.05) is 0 Å². The summed E-state index contributed by atoms with van der Waals surface area (Å²) in [5.41, 5.74) is 0. The van der Waals surface area contributed by atoms with E-state index >= 15 is 0 Å². The van der Waals surface area contributed by atoms with Gasteiger partial charge in [0.15, 0.2) is 0 Å². The molecule has 0 aliphatic heterocycles. The van der Waals surface area contributed by atoms with Gasteiger partial charge in [-0.05, 0) is 5.87 Å². The minimum atomic E-state index is -3.59. The highest BCUT2D eigenvalue weighted by Gasteiger charge is 1.93. The summed E-state index contributed by atoms with van der Waals surface area (Å²) in [5.74, 6) is 2.97. The van der Waals surface area contributed by atoms with Crippen molar-refractivity contribution in [3.63, 3.8) is 0 Å². The van der Waals surface area contributed by atoms with Gasteiger partial charge in [-0.15, -0.1) is 0 Å². The second kappa shape index (κ2) is 1.91. The highest BCUT2D eigenvalue weighted by atomic mass is 32.5. The first kappa shape index (κ1) is 6.40. The highest BCUT2D eigenvalue weighted by Crippen LogP contribution is 2.27. The lowest BCUT2D eigenvalue weighted by Gasteiger charge is -1.91. The molecule has 0 spiro atoms. The highest BCUT2D eigenvalue weighted by molar-refractivity contribution is 8.14. The van der Waals surface area contributed by atoms with Crippen LogP contribution in [0.1, 0.15) is 0 Å². The molecule has 0 bridgehead atoms. The van der Waals surface area contributed by atoms with Crippen LogP contribution in [0.3, 0.4) is 0 Å². The zero-order valence-corrected chi connectivity index (χ0v) is 4.62. The van der Waals surface area contributed by atoms with Crippen LogP contribution >= 0.6 is 6.72 Å². The molecule has 0 aromatic heterocycles. The first-order chi connectivity index (χ1) is 2.56. The van der Waals surface area contributed by atoms with Crippen LogP contribution in [-0.2, 0) is 10.5 Å². The molecule has 0 saturated heterocycles. The quantitative estimate of drug-likeness (QED) is 0.294. The van der Waals surface area contributed by atoms with Crippen LogP contribution < -0.4 is 0 Å². The topological polar surface area (TPSA) is 60.7 Å². The molecule has 0 saturated carbocycles. The maximum absolute atomic E-state index is 7.95. The van der Waals surface area contributed by atoms with Crippen LogP contribution in [0.4, 0.5) is 0 Å². The third-order valence-electron chi connectivity index (χ3n) is 0.173. The van der Waals surface area contributed by atoms with Crippen molar-refractivity contribution in [3.05, 3.63) is 0 Å². The molecule has 0 heterocycles. The molecular weight excluding hydrogens is 123 g/mol. The summed E-state index contributed by atoms with van der Waals surface area (Å²) in [6.07, 6.45) is 0. The fraction of sp³-hybridized carbons (Fsp3) is 0. The molecule has 0 atom stereocenters. The standard InChI is InChI=1S/CH5O3PS/c1-6-5(2,3)4/h2-4H,1H2. The van der Waals surface area contributed by atoms with Crippen molar-refractivity contribution in [2.45, 2.75) is 0 Å². The fourth-order valence-corrected chi connectivity index (χ4v) is 0. The lowest BCUT2D eigenvalue weighted by molar-refractivity contribution is 0.363. The molecule has 0 rings (SSSR count).